The van der Waals surface area contributed by atoms with Crippen LogP contribution in [0.1, 0.15) is 30.0 Å². The minimum atomic E-state index is -3.48. The lowest BCUT2D eigenvalue weighted by atomic mass is 10.0. The van der Waals surface area contributed by atoms with Gasteiger partial charge in [-0.2, -0.15) is 4.31 Å². The van der Waals surface area contributed by atoms with Crippen LogP contribution < -0.4 is 5.32 Å². The lowest BCUT2D eigenvalue weighted by molar-refractivity contribution is -0.122. The standard InChI is InChI=1S/C21H28N4O3S/c1-29(27,28)25-13-6-12-24(17-18-7-5-10-22-16-18)14-11-23-21(26)15-20(25)19-8-3-2-4-9-19/h2-5,7-10,16,20H,6,11-15,17H2,1H3,(H,23,26). The number of amides is 1. The first-order chi connectivity index (χ1) is 13.9. The summed E-state index contributed by atoms with van der Waals surface area (Å²) in [5, 5.41) is 2.95. The molecule has 1 aromatic heterocycles. The van der Waals surface area contributed by atoms with Crippen LogP contribution in [0.5, 0.6) is 0 Å². The molecule has 1 N–H and O–H groups in total. The molecule has 8 heteroatoms. The van der Waals surface area contributed by atoms with Crippen LogP contribution >= 0.6 is 0 Å². The van der Waals surface area contributed by atoms with Crippen molar-refractivity contribution in [3.8, 4) is 0 Å². The minimum absolute atomic E-state index is 0.111. The Kier molecular flexibility index (Phi) is 7.35. The van der Waals surface area contributed by atoms with E-state index in [0.717, 1.165) is 17.7 Å². The average molecular weight is 417 g/mol. The smallest absolute Gasteiger partial charge is 0.222 e. The molecular formula is C21H28N4O3S. The average Bonchev–Trinajstić information content (AvgIpc) is 2.73. The summed E-state index contributed by atoms with van der Waals surface area (Å²) < 4.78 is 26.6. The molecule has 1 saturated heterocycles. The molecule has 29 heavy (non-hydrogen) atoms. The molecule has 1 aromatic carbocycles. The molecule has 2 heterocycles. The van der Waals surface area contributed by atoms with E-state index < -0.39 is 16.1 Å². The molecule has 156 valence electrons. The molecule has 0 aliphatic carbocycles. The zero-order chi connectivity index (χ0) is 20.7. The van der Waals surface area contributed by atoms with Gasteiger partial charge < -0.3 is 5.32 Å². The number of carbonyl (C=O) groups excluding carboxylic acids is 1. The lowest BCUT2D eigenvalue weighted by Gasteiger charge is -2.30. The third-order valence-electron chi connectivity index (χ3n) is 5.07. The molecule has 1 amide bonds. The van der Waals surface area contributed by atoms with Gasteiger partial charge in [0.1, 0.15) is 0 Å². The van der Waals surface area contributed by atoms with Gasteiger partial charge in [0, 0.05) is 45.0 Å². The Morgan fingerprint density at radius 2 is 1.90 bits per heavy atom. The van der Waals surface area contributed by atoms with Crippen LogP contribution in [-0.2, 0) is 21.4 Å². The van der Waals surface area contributed by atoms with E-state index in [9.17, 15) is 13.2 Å². The predicted octanol–water partition coefficient (Wildman–Crippen LogP) is 1.80. The van der Waals surface area contributed by atoms with Gasteiger partial charge in [0.15, 0.2) is 0 Å². The highest BCUT2D eigenvalue weighted by Crippen LogP contribution is 2.27. The highest BCUT2D eigenvalue weighted by Gasteiger charge is 2.30. The van der Waals surface area contributed by atoms with Crippen molar-refractivity contribution in [3.05, 3.63) is 66.0 Å². The molecule has 1 aliphatic heterocycles. The van der Waals surface area contributed by atoms with Gasteiger partial charge in [0.25, 0.3) is 0 Å². The van der Waals surface area contributed by atoms with Crippen LogP contribution in [0.25, 0.3) is 0 Å². The molecule has 3 rings (SSSR count). The third-order valence-corrected chi connectivity index (χ3v) is 6.36. The normalized spacial score (nSPS) is 20.6. The summed E-state index contributed by atoms with van der Waals surface area (Å²) in [5.74, 6) is -0.143. The molecule has 7 nitrogen and oxygen atoms in total. The molecular weight excluding hydrogens is 388 g/mol. The molecule has 1 unspecified atom stereocenters. The highest BCUT2D eigenvalue weighted by atomic mass is 32.2. The second kappa shape index (κ2) is 9.96. The quantitative estimate of drug-likeness (QED) is 0.822. The van der Waals surface area contributed by atoms with Crippen LogP contribution in [-0.4, -0.2) is 60.9 Å². The Morgan fingerprint density at radius 3 is 2.59 bits per heavy atom. The number of sulfonamides is 1. The summed E-state index contributed by atoms with van der Waals surface area (Å²) in [4.78, 5) is 19.0. The molecule has 0 spiro atoms. The summed E-state index contributed by atoms with van der Waals surface area (Å²) in [6.07, 6.45) is 5.58. The van der Waals surface area contributed by atoms with Crippen LogP contribution in [0.3, 0.4) is 0 Å². The molecule has 1 aliphatic rings. The summed E-state index contributed by atoms with van der Waals surface area (Å²) >= 11 is 0. The Labute approximate surface area is 172 Å². The van der Waals surface area contributed by atoms with Gasteiger partial charge in [-0.25, -0.2) is 8.42 Å². The van der Waals surface area contributed by atoms with Crippen molar-refractivity contribution in [2.75, 3.05) is 32.4 Å². The van der Waals surface area contributed by atoms with Crippen molar-refractivity contribution in [1.29, 1.82) is 0 Å². The van der Waals surface area contributed by atoms with E-state index in [1.165, 1.54) is 10.6 Å². The summed E-state index contributed by atoms with van der Waals surface area (Å²) in [6, 6.07) is 12.8. The SMILES string of the molecule is CS(=O)(=O)N1CCCN(Cc2cccnc2)CCNC(=O)CC1c1ccccc1. The maximum atomic E-state index is 12.6. The number of carbonyl (C=O) groups is 1. The number of hydrogen-bond acceptors (Lipinski definition) is 5. The topological polar surface area (TPSA) is 82.6 Å². The van der Waals surface area contributed by atoms with E-state index >= 15 is 0 Å². The monoisotopic (exact) mass is 416 g/mol. The third kappa shape index (κ3) is 6.35. The summed E-state index contributed by atoms with van der Waals surface area (Å²) in [5.41, 5.74) is 1.93. The van der Waals surface area contributed by atoms with E-state index in [0.29, 0.717) is 32.6 Å². The highest BCUT2D eigenvalue weighted by molar-refractivity contribution is 7.88. The number of nitrogens with one attached hydrogen (secondary N) is 1. The van der Waals surface area contributed by atoms with Crippen molar-refractivity contribution in [1.82, 2.24) is 19.5 Å². The number of rotatable bonds is 4. The van der Waals surface area contributed by atoms with Crippen LogP contribution in [0, 0.1) is 0 Å². The van der Waals surface area contributed by atoms with Crippen LogP contribution in [0.15, 0.2) is 54.9 Å². The zero-order valence-corrected chi connectivity index (χ0v) is 17.5. The number of pyridine rings is 1. The van der Waals surface area contributed by atoms with E-state index in [2.05, 4.69) is 15.2 Å². The summed E-state index contributed by atoms with van der Waals surface area (Å²) in [7, 11) is -3.48. The lowest BCUT2D eigenvalue weighted by Crippen LogP contribution is -2.38. The number of hydrogen-bond donors (Lipinski definition) is 1. The van der Waals surface area contributed by atoms with Crippen molar-refractivity contribution >= 4 is 15.9 Å². The van der Waals surface area contributed by atoms with Crippen LogP contribution in [0.2, 0.25) is 0 Å². The first kappa shape index (κ1) is 21.4. The fourth-order valence-corrected chi connectivity index (χ4v) is 4.80. The molecule has 2 aromatic rings. The van der Waals surface area contributed by atoms with Crippen LogP contribution in [0.4, 0.5) is 0 Å². The van der Waals surface area contributed by atoms with Gasteiger partial charge >= 0.3 is 0 Å². The van der Waals surface area contributed by atoms with Crippen molar-refractivity contribution < 1.29 is 13.2 Å². The fraction of sp³-hybridized carbons (Fsp3) is 0.429. The minimum Gasteiger partial charge on any atom is -0.355 e. The fourth-order valence-electron chi connectivity index (χ4n) is 3.69. The largest absolute Gasteiger partial charge is 0.355 e. The Balaban J connectivity index is 1.81. The first-order valence-corrected chi connectivity index (χ1v) is 11.7. The zero-order valence-electron chi connectivity index (χ0n) is 16.7. The predicted molar refractivity (Wildman–Crippen MR) is 112 cm³/mol. The van der Waals surface area contributed by atoms with Gasteiger partial charge in [-0.1, -0.05) is 36.4 Å². The van der Waals surface area contributed by atoms with Gasteiger partial charge in [-0.15, -0.1) is 0 Å². The molecule has 0 saturated carbocycles. The van der Waals surface area contributed by atoms with Crippen molar-refractivity contribution in [3.63, 3.8) is 0 Å². The Bertz CT molecular complexity index is 891. The van der Waals surface area contributed by atoms with E-state index in [-0.39, 0.29) is 12.3 Å². The van der Waals surface area contributed by atoms with Crippen molar-refractivity contribution in [2.24, 2.45) is 0 Å². The molecule has 0 bridgehead atoms. The van der Waals surface area contributed by atoms with Crippen molar-refractivity contribution in [2.45, 2.75) is 25.4 Å². The first-order valence-electron chi connectivity index (χ1n) is 9.83. The second-order valence-corrected chi connectivity index (χ2v) is 9.28. The van der Waals surface area contributed by atoms with E-state index in [1.807, 2.05) is 48.7 Å². The second-order valence-electron chi connectivity index (χ2n) is 7.35. The van der Waals surface area contributed by atoms with E-state index in [4.69, 9.17) is 0 Å². The molecule has 0 radical (unpaired) electrons. The Hall–Kier alpha value is -2.29. The Morgan fingerprint density at radius 1 is 1.10 bits per heavy atom. The summed E-state index contributed by atoms with van der Waals surface area (Å²) in [6.45, 7) is 3.05. The van der Waals surface area contributed by atoms with E-state index in [1.54, 1.807) is 6.20 Å². The number of benzene rings is 1. The maximum Gasteiger partial charge on any atom is 0.222 e. The van der Waals surface area contributed by atoms with Gasteiger partial charge in [0.05, 0.1) is 12.3 Å². The number of aromatic nitrogens is 1. The van der Waals surface area contributed by atoms with Gasteiger partial charge in [0.2, 0.25) is 15.9 Å². The van der Waals surface area contributed by atoms with Gasteiger partial charge in [-0.05, 0) is 30.2 Å². The van der Waals surface area contributed by atoms with Gasteiger partial charge in [-0.3, -0.25) is 14.7 Å². The molecule has 1 fully saturated rings. The molecule has 1 atom stereocenters. The maximum absolute atomic E-state index is 12.6. The number of nitrogens with zero attached hydrogens (tertiary/aromatic N) is 3.